The van der Waals surface area contributed by atoms with Crippen LogP contribution < -0.4 is 10.1 Å². The van der Waals surface area contributed by atoms with E-state index in [0.717, 1.165) is 40.3 Å². The van der Waals surface area contributed by atoms with Crippen LogP contribution in [0.4, 0.5) is 5.69 Å². The number of carboxylic acids is 1. The van der Waals surface area contributed by atoms with E-state index in [2.05, 4.69) is 34.1 Å². The third kappa shape index (κ3) is 4.71. The number of fused-ring (bicyclic) bond motifs is 6. The van der Waals surface area contributed by atoms with Gasteiger partial charge in [-0.15, -0.1) is 0 Å². The molecule has 3 aliphatic rings. The maximum absolute atomic E-state index is 13.8. The topological polar surface area (TPSA) is 92.9 Å². The number of aryl methyl sites for hydroxylation is 1. The Hall–Kier alpha value is -4.39. The normalized spacial score (nSPS) is 16.5. The fourth-order valence-corrected chi connectivity index (χ4v) is 7.25. The Morgan fingerprint density at radius 1 is 1.05 bits per heavy atom. The largest absolute Gasteiger partial charge is 0.491 e. The zero-order valence-corrected chi connectivity index (χ0v) is 25.0. The van der Waals surface area contributed by atoms with Crippen molar-refractivity contribution in [1.29, 1.82) is 0 Å². The first-order valence-corrected chi connectivity index (χ1v) is 15.4. The molecule has 3 aromatic carbocycles. The smallest absolute Gasteiger partial charge is 0.335 e. The lowest BCUT2D eigenvalue weighted by Gasteiger charge is -2.26. The molecule has 0 spiro atoms. The molecule has 1 saturated carbocycles. The van der Waals surface area contributed by atoms with Crippen molar-refractivity contribution >= 4 is 34.2 Å². The molecule has 4 aromatic rings. The van der Waals surface area contributed by atoms with Gasteiger partial charge < -0.3 is 19.7 Å². The highest BCUT2D eigenvalue weighted by Gasteiger charge is 2.33. The molecule has 1 aliphatic carbocycles. The molecule has 3 heterocycles. The van der Waals surface area contributed by atoms with E-state index in [0.29, 0.717) is 30.1 Å². The Morgan fingerprint density at radius 2 is 1.84 bits per heavy atom. The van der Waals surface area contributed by atoms with Crippen molar-refractivity contribution < 1.29 is 19.4 Å². The van der Waals surface area contributed by atoms with Gasteiger partial charge in [-0.1, -0.05) is 37.5 Å². The molecule has 0 radical (unpaired) electrons. The number of aliphatic imine (C=N–C) groups is 1. The molecule has 220 valence electrons. The van der Waals surface area contributed by atoms with Crippen LogP contribution in [-0.4, -0.2) is 39.4 Å². The summed E-state index contributed by atoms with van der Waals surface area (Å²) in [5.74, 6) is 0.309. The minimum Gasteiger partial charge on any atom is -0.491 e. The molecule has 0 atom stereocenters. The first-order valence-electron chi connectivity index (χ1n) is 15.4. The summed E-state index contributed by atoms with van der Waals surface area (Å²) in [5, 5.41) is 14.0. The molecule has 1 fully saturated rings. The third-order valence-corrected chi connectivity index (χ3v) is 9.51. The summed E-state index contributed by atoms with van der Waals surface area (Å²) in [6.07, 6.45) is 6.65. The van der Waals surface area contributed by atoms with Crippen molar-refractivity contribution in [2.24, 2.45) is 4.99 Å². The maximum Gasteiger partial charge on any atom is 0.335 e. The van der Waals surface area contributed by atoms with Gasteiger partial charge in [0.2, 0.25) is 0 Å². The minimum atomic E-state index is -0.943. The molecule has 7 rings (SSSR count). The zero-order valence-electron chi connectivity index (χ0n) is 25.0. The number of amides is 1. The molecule has 7 nitrogen and oxygen atoms in total. The van der Waals surface area contributed by atoms with E-state index in [1.54, 1.807) is 13.0 Å². The molecule has 2 N–H and O–H groups in total. The molecular formula is C36H37N3O4. The van der Waals surface area contributed by atoms with Crippen LogP contribution in [0.3, 0.4) is 0 Å². The first-order chi connectivity index (χ1) is 20.7. The summed E-state index contributed by atoms with van der Waals surface area (Å²) in [7, 11) is 0. The number of hydrogen-bond donors (Lipinski definition) is 2. The highest BCUT2D eigenvalue weighted by molar-refractivity contribution is 6.07. The second-order valence-electron chi connectivity index (χ2n) is 12.7. The number of benzene rings is 3. The molecule has 0 saturated heterocycles. The number of ether oxygens (including phenoxy) is 1. The summed E-state index contributed by atoms with van der Waals surface area (Å²) in [6, 6.07) is 18.0. The molecule has 43 heavy (non-hydrogen) atoms. The number of hydrogen-bond acceptors (Lipinski definition) is 4. The van der Waals surface area contributed by atoms with Gasteiger partial charge in [0.05, 0.1) is 29.0 Å². The van der Waals surface area contributed by atoms with Crippen LogP contribution >= 0.6 is 0 Å². The number of rotatable bonds is 5. The van der Waals surface area contributed by atoms with Gasteiger partial charge in [-0.3, -0.25) is 9.79 Å². The molecule has 0 unspecified atom stereocenters. The van der Waals surface area contributed by atoms with Crippen molar-refractivity contribution in [2.75, 3.05) is 6.61 Å². The van der Waals surface area contributed by atoms with Crippen LogP contribution in [0.25, 0.3) is 22.2 Å². The summed E-state index contributed by atoms with van der Waals surface area (Å²) >= 11 is 0. The van der Waals surface area contributed by atoms with E-state index in [-0.39, 0.29) is 11.5 Å². The number of aromatic carboxylic acids is 1. The molecule has 1 amide bonds. The van der Waals surface area contributed by atoms with Gasteiger partial charge in [0.25, 0.3) is 5.91 Å². The van der Waals surface area contributed by atoms with Gasteiger partial charge in [0, 0.05) is 34.2 Å². The highest BCUT2D eigenvalue weighted by Crippen LogP contribution is 2.47. The number of nitrogens with zero attached hydrogens (tertiary/aromatic N) is 2. The van der Waals surface area contributed by atoms with Crippen LogP contribution in [-0.2, 0) is 13.0 Å². The molecule has 1 aromatic heterocycles. The van der Waals surface area contributed by atoms with E-state index in [1.807, 2.05) is 38.1 Å². The van der Waals surface area contributed by atoms with Gasteiger partial charge in [0.15, 0.2) is 0 Å². The summed E-state index contributed by atoms with van der Waals surface area (Å²) < 4.78 is 8.56. The van der Waals surface area contributed by atoms with Crippen molar-refractivity contribution in [3.8, 4) is 17.0 Å². The SMILES string of the molecule is Cc1cc2c(cc1C(=O)O)CC(C(C)(C)NC(=O)c1ccc3c(C4CCCCC4)c4n(c3c1)CCOc1ccccc1-4)=N2. The second kappa shape index (κ2) is 10.4. The Kier molecular flexibility index (Phi) is 6.64. The lowest BCUT2D eigenvalue weighted by atomic mass is 9.81. The average Bonchev–Trinajstić information content (AvgIpc) is 3.50. The van der Waals surface area contributed by atoms with Crippen molar-refractivity contribution in [3.05, 3.63) is 82.4 Å². The molecule has 7 heteroatoms. The number of aromatic nitrogens is 1. The number of carbonyl (C=O) groups excluding carboxylic acids is 1. The van der Waals surface area contributed by atoms with Gasteiger partial charge in [-0.2, -0.15) is 0 Å². The van der Waals surface area contributed by atoms with Gasteiger partial charge in [-0.05, 0) is 92.6 Å². The zero-order chi connectivity index (χ0) is 29.9. The minimum absolute atomic E-state index is 0.159. The monoisotopic (exact) mass is 575 g/mol. The third-order valence-electron chi connectivity index (χ3n) is 9.51. The highest BCUT2D eigenvalue weighted by atomic mass is 16.5. The lowest BCUT2D eigenvalue weighted by Crippen LogP contribution is -2.49. The lowest BCUT2D eigenvalue weighted by molar-refractivity contribution is 0.0695. The van der Waals surface area contributed by atoms with Crippen LogP contribution in [0.2, 0.25) is 0 Å². The standard InChI is InChI=1S/C36H37N3O4/c1-21-17-28-24(18-27(21)35(41)42)20-31(37-28)36(2,3)38-34(40)23-13-14-25-29(19-23)39-15-16-43-30-12-8-7-11-26(30)33(39)32(25)22-9-5-4-6-10-22/h7-8,11-14,17-19,22H,4-6,9-10,15-16,20H2,1-3H3,(H,38,40)(H,41,42). The molecule has 0 bridgehead atoms. The van der Waals surface area contributed by atoms with Crippen molar-refractivity contribution in [1.82, 2.24) is 9.88 Å². The van der Waals surface area contributed by atoms with Crippen LogP contribution in [0, 0.1) is 6.92 Å². The van der Waals surface area contributed by atoms with Crippen LogP contribution in [0.15, 0.2) is 59.6 Å². The fraction of sp³-hybridized carbons (Fsp3) is 0.361. The number of para-hydroxylation sites is 1. The van der Waals surface area contributed by atoms with E-state index in [4.69, 9.17) is 9.73 Å². The number of nitrogens with one attached hydrogen (secondary N) is 1. The van der Waals surface area contributed by atoms with E-state index in [1.165, 1.54) is 48.7 Å². The van der Waals surface area contributed by atoms with E-state index < -0.39 is 11.5 Å². The summed E-state index contributed by atoms with van der Waals surface area (Å²) in [4.78, 5) is 30.3. The Labute approximate surface area is 251 Å². The maximum atomic E-state index is 13.8. The van der Waals surface area contributed by atoms with Crippen molar-refractivity contribution in [3.63, 3.8) is 0 Å². The summed E-state index contributed by atoms with van der Waals surface area (Å²) in [5.41, 5.74) is 8.14. The number of carbonyl (C=O) groups is 2. The molecular weight excluding hydrogens is 538 g/mol. The first kappa shape index (κ1) is 27.4. The number of carboxylic acid groups (broad SMARTS) is 1. The van der Waals surface area contributed by atoms with Crippen LogP contribution in [0.5, 0.6) is 5.75 Å². The predicted molar refractivity (Wildman–Crippen MR) is 169 cm³/mol. The van der Waals surface area contributed by atoms with Crippen molar-refractivity contribution in [2.45, 2.75) is 77.3 Å². The van der Waals surface area contributed by atoms with Gasteiger partial charge in [-0.25, -0.2) is 4.79 Å². The van der Waals surface area contributed by atoms with Gasteiger partial charge >= 0.3 is 5.97 Å². The predicted octanol–water partition coefficient (Wildman–Crippen LogP) is 7.59. The Bertz CT molecular complexity index is 1820. The summed E-state index contributed by atoms with van der Waals surface area (Å²) in [6.45, 7) is 6.99. The van der Waals surface area contributed by atoms with E-state index >= 15 is 0 Å². The van der Waals surface area contributed by atoms with Gasteiger partial charge in [0.1, 0.15) is 12.4 Å². The quantitative estimate of drug-likeness (QED) is 0.256. The second-order valence-corrected chi connectivity index (χ2v) is 12.7. The fourth-order valence-electron chi connectivity index (χ4n) is 7.25. The average molecular weight is 576 g/mol. The molecule has 2 aliphatic heterocycles. The Morgan fingerprint density at radius 3 is 2.63 bits per heavy atom. The Balaban J connectivity index is 1.24. The van der Waals surface area contributed by atoms with Crippen LogP contribution in [0.1, 0.15) is 89.3 Å². The van der Waals surface area contributed by atoms with E-state index in [9.17, 15) is 14.7 Å².